The molecule has 0 amide bonds. The molecular weight excluding hydrogens is 470 g/mol. The molecule has 0 spiro atoms. The van der Waals surface area contributed by atoms with Crippen molar-refractivity contribution in [2.24, 2.45) is 0 Å². The molecule has 0 aliphatic heterocycles. The fourth-order valence-electron chi connectivity index (χ4n) is 4.97. The lowest BCUT2D eigenvalue weighted by molar-refractivity contribution is 0.668. The molecule has 2 aromatic heterocycles. The largest absolute Gasteiger partial charge is 0.456 e. The summed E-state index contributed by atoms with van der Waals surface area (Å²) in [5.74, 6) is 0. The summed E-state index contributed by atoms with van der Waals surface area (Å²) < 4.78 is 9.62. The summed E-state index contributed by atoms with van der Waals surface area (Å²) in [5.41, 5.74) is 7.71. The smallest absolute Gasteiger partial charge is 0.137 e. The number of aromatic nitrogens is 1. The standard InChI is InChI=1S/C30H18BrNO/c31-25-10-6-12-28-30(25)23-15-14-21(18-29(23)33-28)32-26-11-5-4-9-22(26)24-17-20(13-16-27(24)32)19-7-2-1-3-8-19/h1-18H. The summed E-state index contributed by atoms with van der Waals surface area (Å²) in [6.07, 6.45) is 0. The Morgan fingerprint density at radius 2 is 1.36 bits per heavy atom. The molecule has 0 radical (unpaired) electrons. The van der Waals surface area contributed by atoms with Crippen LogP contribution in [0.1, 0.15) is 0 Å². The molecule has 0 unspecified atom stereocenters. The van der Waals surface area contributed by atoms with E-state index in [1.165, 1.54) is 32.9 Å². The highest BCUT2D eigenvalue weighted by Gasteiger charge is 2.15. The summed E-state index contributed by atoms with van der Waals surface area (Å²) >= 11 is 3.68. The van der Waals surface area contributed by atoms with E-state index in [4.69, 9.17) is 4.42 Å². The van der Waals surface area contributed by atoms with E-state index in [9.17, 15) is 0 Å². The molecule has 5 aromatic carbocycles. The maximum atomic E-state index is 6.23. The molecule has 0 aliphatic carbocycles. The van der Waals surface area contributed by atoms with Gasteiger partial charge in [-0.15, -0.1) is 0 Å². The van der Waals surface area contributed by atoms with Gasteiger partial charge in [-0.1, -0.05) is 76.6 Å². The lowest BCUT2D eigenvalue weighted by atomic mass is 10.0. The highest BCUT2D eigenvalue weighted by molar-refractivity contribution is 9.10. The van der Waals surface area contributed by atoms with E-state index in [0.717, 1.165) is 32.1 Å². The second kappa shape index (κ2) is 7.09. The first-order valence-electron chi connectivity index (χ1n) is 11.0. The van der Waals surface area contributed by atoms with Crippen molar-refractivity contribution in [1.29, 1.82) is 0 Å². The highest BCUT2D eigenvalue weighted by atomic mass is 79.9. The summed E-state index contributed by atoms with van der Waals surface area (Å²) in [6, 6.07) is 38.5. The number of furan rings is 1. The van der Waals surface area contributed by atoms with Gasteiger partial charge in [0, 0.05) is 37.8 Å². The third kappa shape index (κ3) is 2.79. The van der Waals surface area contributed by atoms with Gasteiger partial charge in [-0.25, -0.2) is 0 Å². The predicted octanol–water partition coefficient (Wildman–Crippen LogP) is 9.11. The molecule has 0 aliphatic rings. The number of halogens is 1. The van der Waals surface area contributed by atoms with Gasteiger partial charge in [0.2, 0.25) is 0 Å². The Bertz CT molecular complexity index is 1830. The molecule has 33 heavy (non-hydrogen) atoms. The maximum Gasteiger partial charge on any atom is 0.137 e. The fourth-order valence-corrected chi connectivity index (χ4v) is 5.53. The van der Waals surface area contributed by atoms with Crippen LogP contribution in [0.15, 0.2) is 118 Å². The number of hydrogen-bond acceptors (Lipinski definition) is 1. The molecule has 2 heterocycles. The van der Waals surface area contributed by atoms with Crippen LogP contribution >= 0.6 is 15.9 Å². The average Bonchev–Trinajstić information content (AvgIpc) is 3.40. The van der Waals surface area contributed by atoms with Gasteiger partial charge in [0.15, 0.2) is 0 Å². The van der Waals surface area contributed by atoms with Crippen molar-refractivity contribution in [2.75, 3.05) is 0 Å². The zero-order valence-electron chi connectivity index (χ0n) is 17.6. The Morgan fingerprint density at radius 3 is 2.27 bits per heavy atom. The van der Waals surface area contributed by atoms with Crippen molar-refractivity contribution in [1.82, 2.24) is 4.57 Å². The van der Waals surface area contributed by atoms with E-state index in [0.29, 0.717) is 0 Å². The van der Waals surface area contributed by atoms with Gasteiger partial charge in [-0.05, 0) is 53.6 Å². The fraction of sp³-hybridized carbons (Fsp3) is 0. The first-order valence-corrected chi connectivity index (χ1v) is 11.8. The van der Waals surface area contributed by atoms with Gasteiger partial charge in [-0.2, -0.15) is 0 Å². The van der Waals surface area contributed by atoms with Gasteiger partial charge in [0.25, 0.3) is 0 Å². The maximum absolute atomic E-state index is 6.23. The molecule has 7 aromatic rings. The van der Waals surface area contributed by atoms with Crippen molar-refractivity contribution in [2.45, 2.75) is 0 Å². The quantitative estimate of drug-likeness (QED) is 0.237. The van der Waals surface area contributed by atoms with Gasteiger partial charge in [0.1, 0.15) is 11.2 Å². The molecule has 2 nitrogen and oxygen atoms in total. The molecule has 0 bridgehead atoms. The Kier molecular flexibility index (Phi) is 4.02. The second-order valence-electron chi connectivity index (χ2n) is 8.35. The second-order valence-corrected chi connectivity index (χ2v) is 9.20. The third-order valence-corrected chi connectivity index (χ3v) is 7.13. The predicted molar refractivity (Wildman–Crippen MR) is 141 cm³/mol. The normalized spacial score (nSPS) is 11.8. The molecule has 3 heteroatoms. The van der Waals surface area contributed by atoms with Crippen LogP contribution < -0.4 is 0 Å². The van der Waals surface area contributed by atoms with Crippen molar-refractivity contribution in [3.05, 3.63) is 114 Å². The molecule has 156 valence electrons. The van der Waals surface area contributed by atoms with Crippen LogP contribution in [0, 0.1) is 0 Å². The van der Waals surface area contributed by atoms with Crippen LogP contribution in [-0.4, -0.2) is 4.57 Å². The SMILES string of the molecule is Brc1cccc2oc3cc(-n4c5ccccc5c5cc(-c6ccccc6)ccc54)ccc3c12. The van der Waals surface area contributed by atoms with E-state index in [1.54, 1.807) is 0 Å². The van der Waals surface area contributed by atoms with Gasteiger partial charge >= 0.3 is 0 Å². The van der Waals surface area contributed by atoms with Crippen LogP contribution in [0.3, 0.4) is 0 Å². The van der Waals surface area contributed by atoms with E-state index in [1.807, 2.05) is 12.1 Å². The van der Waals surface area contributed by atoms with E-state index >= 15 is 0 Å². The Labute approximate surface area is 198 Å². The zero-order chi connectivity index (χ0) is 21.9. The summed E-state index contributed by atoms with van der Waals surface area (Å²) in [5, 5.41) is 4.74. The van der Waals surface area contributed by atoms with E-state index < -0.39 is 0 Å². The summed E-state index contributed by atoms with van der Waals surface area (Å²) in [4.78, 5) is 0. The topological polar surface area (TPSA) is 18.1 Å². The molecule has 0 fully saturated rings. The average molecular weight is 488 g/mol. The first-order chi connectivity index (χ1) is 16.3. The number of hydrogen-bond donors (Lipinski definition) is 0. The zero-order valence-corrected chi connectivity index (χ0v) is 19.2. The van der Waals surface area contributed by atoms with Crippen molar-refractivity contribution in [3.8, 4) is 16.8 Å². The van der Waals surface area contributed by atoms with Crippen LogP contribution in [0.25, 0.3) is 60.6 Å². The lowest BCUT2D eigenvalue weighted by Crippen LogP contribution is -1.93. The van der Waals surface area contributed by atoms with E-state index in [-0.39, 0.29) is 0 Å². The minimum Gasteiger partial charge on any atom is -0.456 e. The van der Waals surface area contributed by atoms with Crippen LogP contribution in [0.4, 0.5) is 0 Å². The minimum absolute atomic E-state index is 0.890. The molecular formula is C30H18BrNO. The van der Waals surface area contributed by atoms with Gasteiger partial charge in [-0.3, -0.25) is 0 Å². The number of para-hydroxylation sites is 1. The van der Waals surface area contributed by atoms with Gasteiger partial charge < -0.3 is 8.98 Å². The third-order valence-electron chi connectivity index (χ3n) is 6.47. The highest BCUT2D eigenvalue weighted by Crippen LogP contribution is 2.38. The van der Waals surface area contributed by atoms with Crippen molar-refractivity contribution < 1.29 is 4.42 Å². The number of benzene rings is 5. The Balaban J connectivity index is 1.51. The molecule has 7 rings (SSSR count). The monoisotopic (exact) mass is 487 g/mol. The Hall–Kier alpha value is -3.82. The number of nitrogens with zero attached hydrogens (tertiary/aromatic N) is 1. The molecule has 0 atom stereocenters. The van der Waals surface area contributed by atoms with Crippen LogP contribution in [0.5, 0.6) is 0 Å². The van der Waals surface area contributed by atoms with Gasteiger partial charge in [0.05, 0.1) is 11.0 Å². The summed E-state index contributed by atoms with van der Waals surface area (Å²) in [7, 11) is 0. The van der Waals surface area contributed by atoms with Crippen LogP contribution in [-0.2, 0) is 0 Å². The summed E-state index contributed by atoms with van der Waals surface area (Å²) in [6.45, 7) is 0. The molecule has 0 N–H and O–H groups in total. The van der Waals surface area contributed by atoms with Crippen molar-refractivity contribution >= 4 is 59.7 Å². The van der Waals surface area contributed by atoms with E-state index in [2.05, 4.69) is 118 Å². The Morgan fingerprint density at radius 1 is 0.545 bits per heavy atom. The first kappa shape index (κ1) is 18.7. The lowest BCUT2D eigenvalue weighted by Gasteiger charge is -2.08. The number of rotatable bonds is 2. The van der Waals surface area contributed by atoms with Crippen molar-refractivity contribution in [3.63, 3.8) is 0 Å². The molecule has 0 saturated carbocycles. The minimum atomic E-state index is 0.890. The number of fused-ring (bicyclic) bond motifs is 6. The molecule has 0 saturated heterocycles. The van der Waals surface area contributed by atoms with Crippen LogP contribution in [0.2, 0.25) is 0 Å².